The van der Waals surface area contributed by atoms with E-state index in [-0.39, 0.29) is 19.4 Å². The summed E-state index contributed by atoms with van der Waals surface area (Å²) in [4.78, 5) is 23.9. The summed E-state index contributed by atoms with van der Waals surface area (Å²) in [6, 6.07) is 4.83. The minimum atomic E-state index is -1.60. The molecule has 0 aliphatic heterocycles. The fourth-order valence-electron chi connectivity index (χ4n) is 2.23. The van der Waals surface area contributed by atoms with Gasteiger partial charge in [0.05, 0.1) is 16.7 Å². The highest BCUT2D eigenvalue weighted by atomic mass is 35.5. The van der Waals surface area contributed by atoms with Crippen LogP contribution in [0.25, 0.3) is 0 Å². The molecule has 6 heteroatoms. The third kappa shape index (κ3) is 4.11. The fourth-order valence-corrected chi connectivity index (χ4v) is 2.55. The maximum Gasteiger partial charge on any atom is 0.323 e. The number of carboxylic acids is 1. The lowest BCUT2D eigenvalue weighted by molar-refractivity contribution is -0.169. The summed E-state index contributed by atoms with van der Waals surface area (Å²) in [6.45, 7) is 3.61. The Morgan fingerprint density at radius 3 is 2.38 bits per heavy atom. The molecule has 1 N–H and O–H groups in total. The molecule has 0 bridgehead atoms. The zero-order valence-corrected chi connectivity index (χ0v) is 13.5. The topological polar surface area (TPSA) is 63.6 Å². The lowest BCUT2D eigenvalue weighted by atomic mass is 9.78. The number of ether oxygens (including phenoxy) is 1. The van der Waals surface area contributed by atoms with Crippen molar-refractivity contribution in [2.24, 2.45) is 5.41 Å². The van der Waals surface area contributed by atoms with Gasteiger partial charge in [0, 0.05) is 0 Å². The van der Waals surface area contributed by atoms with E-state index in [1.54, 1.807) is 25.1 Å². The van der Waals surface area contributed by atoms with Gasteiger partial charge in [-0.2, -0.15) is 0 Å². The fraction of sp³-hybridized carbons (Fsp3) is 0.467. The second-order valence-corrected chi connectivity index (χ2v) is 5.60. The first-order valence-corrected chi connectivity index (χ1v) is 7.47. The van der Waals surface area contributed by atoms with Crippen LogP contribution in [0.15, 0.2) is 18.2 Å². The SMILES string of the molecule is CCCC(Cc1ccc(Cl)c(Cl)c1)(C(=O)O)C(=O)OCC. The van der Waals surface area contributed by atoms with Crippen molar-refractivity contribution in [3.8, 4) is 0 Å². The number of aliphatic carboxylic acids is 1. The zero-order valence-electron chi connectivity index (χ0n) is 12.0. The van der Waals surface area contributed by atoms with Gasteiger partial charge >= 0.3 is 11.9 Å². The third-order valence-electron chi connectivity index (χ3n) is 3.24. The predicted octanol–water partition coefficient (Wildman–Crippen LogP) is 3.97. The van der Waals surface area contributed by atoms with Crippen LogP contribution in [0.5, 0.6) is 0 Å². The van der Waals surface area contributed by atoms with Gasteiger partial charge in [-0.25, -0.2) is 0 Å². The van der Waals surface area contributed by atoms with E-state index in [4.69, 9.17) is 27.9 Å². The largest absolute Gasteiger partial charge is 0.480 e. The van der Waals surface area contributed by atoms with Gasteiger partial charge in [0.2, 0.25) is 0 Å². The van der Waals surface area contributed by atoms with E-state index in [0.717, 1.165) is 0 Å². The van der Waals surface area contributed by atoms with Gasteiger partial charge in [-0.15, -0.1) is 0 Å². The highest BCUT2D eigenvalue weighted by molar-refractivity contribution is 6.42. The molecule has 0 saturated heterocycles. The summed E-state index contributed by atoms with van der Waals surface area (Å²) in [5.74, 6) is -1.90. The van der Waals surface area contributed by atoms with Crippen molar-refractivity contribution in [3.63, 3.8) is 0 Å². The van der Waals surface area contributed by atoms with Crippen LogP contribution in [0.1, 0.15) is 32.3 Å². The summed E-state index contributed by atoms with van der Waals surface area (Å²) in [5.41, 5.74) is -0.963. The highest BCUT2D eigenvalue weighted by Gasteiger charge is 2.47. The van der Waals surface area contributed by atoms with Gasteiger partial charge in [-0.1, -0.05) is 42.6 Å². The molecule has 1 atom stereocenters. The van der Waals surface area contributed by atoms with Crippen LogP contribution in [-0.4, -0.2) is 23.7 Å². The van der Waals surface area contributed by atoms with Crippen LogP contribution in [0.3, 0.4) is 0 Å². The summed E-state index contributed by atoms with van der Waals surface area (Å²) in [6.07, 6.45) is 0.764. The molecule has 0 radical (unpaired) electrons. The van der Waals surface area contributed by atoms with Crippen molar-refractivity contribution in [3.05, 3.63) is 33.8 Å². The number of carboxylic acid groups (broad SMARTS) is 1. The number of hydrogen-bond donors (Lipinski definition) is 1. The standard InChI is InChI=1S/C15H18Cl2O4/c1-3-7-15(13(18)19,14(20)21-4-2)9-10-5-6-11(16)12(17)8-10/h5-6,8H,3-4,7,9H2,1-2H3,(H,18,19). The lowest BCUT2D eigenvalue weighted by Gasteiger charge is -2.27. The minimum Gasteiger partial charge on any atom is -0.480 e. The van der Waals surface area contributed by atoms with E-state index < -0.39 is 17.4 Å². The van der Waals surface area contributed by atoms with Crippen LogP contribution >= 0.6 is 23.2 Å². The molecule has 0 heterocycles. The second-order valence-electron chi connectivity index (χ2n) is 4.78. The molecule has 0 aliphatic rings. The molecule has 0 amide bonds. The summed E-state index contributed by atoms with van der Waals surface area (Å²) in [5, 5.41) is 10.3. The van der Waals surface area contributed by atoms with E-state index in [2.05, 4.69) is 0 Å². The quantitative estimate of drug-likeness (QED) is 0.606. The van der Waals surface area contributed by atoms with Crippen LogP contribution in [-0.2, 0) is 20.7 Å². The molecule has 1 rings (SSSR count). The molecular weight excluding hydrogens is 315 g/mol. The Morgan fingerprint density at radius 1 is 1.24 bits per heavy atom. The number of carbonyl (C=O) groups excluding carboxylic acids is 1. The van der Waals surface area contributed by atoms with Gasteiger partial charge < -0.3 is 9.84 Å². The molecule has 0 aliphatic carbocycles. The Hall–Kier alpha value is -1.26. The number of rotatable bonds is 7. The van der Waals surface area contributed by atoms with Gasteiger partial charge in [-0.3, -0.25) is 9.59 Å². The van der Waals surface area contributed by atoms with Crippen molar-refractivity contribution in [1.82, 2.24) is 0 Å². The summed E-state index contributed by atoms with van der Waals surface area (Å²) in [7, 11) is 0. The molecule has 0 saturated carbocycles. The number of esters is 1. The van der Waals surface area contributed by atoms with Crippen molar-refractivity contribution >= 4 is 35.1 Å². The first-order valence-electron chi connectivity index (χ1n) is 6.72. The zero-order chi connectivity index (χ0) is 16.0. The van der Waals surface area contributed by atoms with Crippen LogP contribution < -0.4 is 0 Å². The van der Waals surface area contributed by atoms with Gasteiger partial charge in [0.1, 0.15) is 0 Å². The lowest BCUT2D eigenvalue weighted by Crippen LogP contribution is -2.42. The number of halogens is 2. The molecule has 1 unspecified atom stereocenters. The average Bonchev–Trinajstić information content (AvgIpc) is 2.42. The Morgan fingerprint density at radius 2 is 1.90 bits per heavy atom. The van der Waals surface area contributed by atoms with Gasteiger partial charge in [-0.05, 0) is 37.5 Å². The number of carbonyl (C=O) groups is 2. The van der Waals surface area contributed by atoms with Crippen LogP contribution in [0.4, 0.5) is 0 Å². The highest BCUT2D eigenvalue weighted by Crippen LogP contribution is 2.33. The Balaban J connectivity index is 3.19. The molecule has 0 spiro atoms. The molecule has 21 heavy (non-hydrogen) atoms. The predicted molar refractivity (Wildman–Crippen MR) is 81.8 cm³/mol. The third-order valence-corrected chi connectivity index (χ3v) is 3.98. The first-order chi connectivity index (χ1) is 9.87. The molecule has 4 nitrogen and oxygen atoms in total. The molecule has 0 fully saturated rings. The monoisotopic (exact) mass is 332 g/mol. The molecule has 1 aromatic rings. The van der Waals surface area contributed by atoms with E-state index in [1.165, 1.54) is 0 Å². The average molecular weight is 333 g/mol. The van der Waals surface area contributed by atoms with E-state index >= 15 is 0 Å². The van der Waals surface area contributed by atoms with Crippen LogP contribution in [0.2, 0.25) is 10.0 Å². The Labute approximate surface area is 134 Å². The Kier molecular flexibility index (Phi) is 6.49. The molecular formula is C15H18Cl2O4. The van der Waals surface area contributed by atoms with Crippen molar-refractivity contribution in [2.45, 2.75) is 33.1 Å². The number of hydrogen-bond acceptors (Lipinski definition) is 3. The first kappa shape index (κ1) is 17.8. The minimum absolute atomic E-state index is 0.0197. The van der Waals surface area contributed by atoms with Crippen molar-refractivity contribution in [1.29, 1.82) is 0 Å². The Bertz CT molecular complexity index is 530. The maximum absolute atomic E-state index is 12.2. The van der Waals surface area contributed by atoms with Crippen molar-refractivity contribution < 1.29 is 19.4 Å². The van der Waals surface area contributed by atoms with E-state index in [9.17, 15) is 14.7 Å². The second kappa shape index (κ2) is 7.66. The molecule has 0 aromatic heterocycles. The maximum atomic E-state index is 12.2. The summed E-state index contributed by atoms with van der Waals surface area (Å²) >= 11 is 11.8. The van der Waals surface area contributed by atoms with Gasteiger partial charge in [0.25, 0.3) is 0 Å². The normalized spacial score (nSPS) is 13.5. The van der Waals surface area contributed by atoms with E-state index in [0.29, 0.717) is 22.0 Å². The smallest absolute Gasteiger partial charge is 0.323 e. The van der Waals surface area contributed by atoms with Gasteiger partial charge in [0.15, 0.2) is 5.41 Å². The molecule has 1 aromatic carbocycles. The number of benzene rings is 1. The van der Waals surface area contributed by atoms with Crippen LogP contribution in [0, 0.1) is 5.41 Å². The van der Waals surface area contributed by atoms with Crippen molar-refractivity contribution in [2.75, 3.05) is 6.61 Å². The molecule has 116 valence electrons. The van der Waals surface area contributed by atoms with E-state index in [1.807, 2.05) is 6.92 Å². The summed E-state index contributed by atoms with van der Waals surface area (Å²) < 4.78 is 4.97.